The highest BCUT2D eigenvalue weighted by Gasteiger charge is 2.51. The average Bonchev–Trinajstić information content (AvgIpc) is 3.08. The lowest BCUT2D eigenvalue weighted by Gasteiger charge is -2.56. The summed E-state index contributed by atoms with van der Waals surface area (Å²) in [4.78, 5) is 41.2. The number of hydrogen-bond acceptors (Lipinski definition) is 7. The Hall–Kier alpha value is -2.15. The molecule has 0 radical (unpaired) electrons. The average molecular weight is 698 g/mol. The van der Waals surface area contributed by atoms with Gasteiger partial charge in [-0.25, -0.2) is 0 Å². The Kier molecular flexibility index (Phi) is 17.9. The summed E-state index contributed by atoms with van der Waals surface area (Å²) in [5.74, 6) is 1.32. The van der Waals surface area contributed by atoms with Gasteiger partial charge in [-0.05, 0) is 140 Å². The second-order valence-corrected chi connectivity index (χ2v) is 16.8. The highest BCUT2D eigenvalue weighted by atomic mass is 16.6. The van der Waals surface area contributed by atoms with Crippen LogP contribution in [0, 0.1) is 35.0 Å². The van der Waals surface area contributed by atoms with Crippen LogP contribution in [0.4, 0.5) is 0 Å². The van der Waals surface area contributed by atoms with Crippen LogP contribution >= 0.6 is 0 Å². The minimum absolute atomic E-state index is 0.100. The van der Waals surface area contributed by atoms with E-state index in [4.69, 9.17) is 14.2 Å². The van der Waals surface area contributed by atoms with Gasteiger partial charge in [-0.3, -0.25) is 14.4 Å². The number of unbranched alkanes of at least 4 members (excludes halogenated alkanes) is 8. The first-order valence-electron chi connectivity index (χ1n) is 20.8. The van der Waals surface area contributed by atoms with Gasteiger partial charge in [-0.15, -0.1) is 0 Å². The molecule has 1 aliphatic heterocycles. The van der Waals surface area contributed by atoms with Crippen molar-refractivity contribution in [3.8, 4) is 0 Å². The molecule has 5 fully saturated rings. The maximum absolute atomic E-state index is 13.2. The molecule has 0 aromatic rings. The predicted molar refractivity (Wildman–Crippen MR) is 200 cm³/mol. The summed E-state index contributed by atoms with van der Waals surface area (Å²) in [6.07, 6.45) is 31.6. The summed E-state index contributed by atoms with van der Waals surface area (Å²) in [7, 11) is 0. The monoisotopic (exact) mass is 698 g/mol. The summed E-state index contributed by atoms with van der Waals surface area (Å²) < 4.78 is 17.3. The summed E-state index contributed by atoms with van der Waals surface area (Å²) >= 11 is 0. The molecule has 7 nitrogen and oxygen atoms in total. The van der Waals surface area contributed by atoms with Gasteiger partial charge in [0.2, 0.25) is 0 Å². The van der Waals surface area contributed by atoms with E-state index in [-0.39, 0.29) is 55.0 Å². The quantitative estimate of drug-likeness (QED) is 0.0430. The Labute approximate surface area is 304 Å². The molecule has 7 heteroatoms. The molecule has 4 aliphatic carbocycles. The van der Waals surface area contributed by atoms with Crippen LogP contribution in [-0.2, 0) is 28.6 Å². The largest absolute Gasteiger partial charge is 0.465 e. The number of piperidine rings is 1. The molecule has 5 aliphatic rings. The number of carbonyl (C=O) groups is 3. The molecule has 0 aromatic heterocycles. The lowest BCUT2D eigenvalue weighted by molar-refractivity contribution is -0.159. The Bertz CT molecular complexity index is 1040. The minimum Gasteiger partial charge on any atom is -0.465 e. The molecular weight excluding hydrogens is 626 g/mol. The molecule has 4 bridgehead atoms. The van der Waals surface area contributed by atoms with E-state index in [2.05, 4.69) is 50.0 Å². The highest BCUT2D eigenvalue weighted by Crippen LogP contribution is 2.61. The van der Waals surface area contributed by atoms with Gasteiger partial charge in [0.05, 0.1) is 18.3 Å². The number of hydrogen-bond donors (Lipinski definition) is 0. The van der Waals surface area contributed by atoms with E-state index < -0.39 is 0 Å². The van der Waals surface area contributed by atoms with E-state index in [1.807, 2.05) is 0 Å². The maximum atomic E-state index is 13.2. The van der Waals surface area contributed by atoms with Crippen LogP contribution in [0.25, 0.3) is 0 Å². The van der Waals surface area contributed by atoms with E-state index in [0.29, 0.717) is 18.9 Å². The zero-order valence-corrected chi connectivity index (χ0v) is 32.1. The minimum atomic E-state index is -0.358. The molecule has 50 heavy (non-hydrogen) atoms. The van der Waals surface area contributed by atoms with Crippen LogP contribution < -0.4 is 0 Å². The third-order valence-corrected chi connectivity index (χ3v) is 12.0. The Morgan fingerprint density at radius 1 is 0.700 bits per heavy atom. The van der Waals surface area contributed by atoms with E-state index in [1.165, 1.54) is 57.8 Å². The van der Waals surface area contributed by atoms with Crippen molar-refractivity contribution in [2.24, 2.45) is 35.0 Å². The highest BCUT2D eigenvalue weighted by molar-refractivity contribution is 5.72. The molecule has 0 amide bonds. The first kappa shape index (κ1) is 40.6. The first-order chi connectivity index (χ1) is 24.2. The standard InChI is InChI=1S/C43H71NO6/c1-4-5-6-7-8-9-10-11-12-13-14-15-16-17-18-19-40(45)48-31-38(33-50-42(47)39-20-22-44(23-21-39)34(2)3)32-49-41(46)30-43-27-35-24-36(28-43)26-37(25-35)29-43/h8-9,11-12,34-39H,4-7,10,13-33H2,1-3H3/b9-8-,12-11-. The molecule has 4 saturated carbocycles. The second kappa shape index (κ2) is 22.0. The zero-order valence-electron chi connectivity index (χ0n) is 32.1. The van der Waals surface area contributed by atoms with Gasteiger partial charge in [-0.1, -0.05) is 63.3 Å². The molecule has 0 aromatic carbocycles. The number of ether oxygens (including phenoxy) is 3. The fraction of sp³-hybridized carbons (Fsp3) is 0.837. The third kappa shape index (κ3) is 14.5. The van der Waals surface area contributed by atoms with Crippen molar-refractivity contribution in [2.45, 2.75) is 162 Å². The van der Waals surface area contributed by atoms with Gasteiger partial charge in [0.15, 0.2) is 0 Å². The normalized spacial score (nSPS) is 25.9. The molecule has 0 N–H and O–H groups in total. The number of likely N-dealkylation sites (tertiary alicyclic amines) is 1. The van der Waals surface area contributed by atoms with Gasteiger partial charge >= 0.3 is 17.9 Å². The molecule has 1 heterocycles. The lowest BCUT2D eigenvalue weighted by Crippen LogP contribution is -2.47. The Morgan fingerprint density at radius 2 is 1.24 bits per heavy atom. The molecule has 284 valence electrons. The number of esters is 3. The van der Waals surface area contributed by atoms with Crippen LogP contribution in [0.2, 0.25) is 0 Å². The van der Waals surface area contributed by atoms with E-state index in [9.17, 15) is 14.4 Å². The molecule has 5 rings (SSSR count). The van der Waals surface area contributed by atoms with Crippen molar-refractivity contribution in [2.75, 3.05) is 32.9 Å². The summed E-state index contributed by atoms with van der Waals surface area (Å²) in [5.41, 5.74) is 0.118. The van der Waals surface area contributed by atoms with Crippen LogP contribution in [0.5, 0.6) is 0 Å². The van der Waals surface area contributed by atoms with Crippen LogP contribution in [0.15, 0.2) is 24.3 Å². The second-order valence-electron chi connectivity index (χ2n) is 16.8. The smallest absolute Gasteiger partial charge is 0.309 e. The third-order valence-electron chi connectivity index (χ3n) is 12.0. The lowest BCUT2D eigenvalue weighted by atomic mass is 9.49. The maximum Gasteiger partial charge on any atom is 0.309 e. The van der Waals surface area contributed by atoms with Crippen LogP contribution in [0.1, 0.15) is 156 Å². The van der Waals surface area contributed by atoms with Crippen molar-refractivity contribution >= 4 is 17.9 Å². The topological polar surface area (TPSA) is 82.1 Å². The molecule has 0 spiro atoms. The zero-order chi connectivity index (χ0) is 35.6. The predicted octanol–water partition coefficient (Wildman–Crippen LogP) is 9.77. The van der Waals surface area contributed by atoms with Gasteiger partial charge in [-0.2, -0.15) is 0 Å². The van der Waals surface area contributed by atoms with Crippen LogP contribution in [0.3, 0.4) is 0 Å². The number of allylic oxidation sites excluding steroid dienone is 4. The van der Waals surface area contributed by atoms with Gasteiger partial charge in [0.1, 0.15) is 19.8 Å². The summed E-state index contributed by atoms with van der Waals surface area (Å²) in [5, 5.41) is 0. The first-order valence-corrected chi connectivity index (χ1v) is 20.8. The molecular formula is C43H71NO6. The molecule has 1 unspecified atom stereocenters. The Morgan fingerprint density at radius 3 is 1.84 bits per heavy atom. The van der Waals surface area contributed by atoms with Crippen LogP contribution in [-0.4, -0.2) is 61.8 Å². The van der Waals surface area contributed by atoms with Crippen molar-refractivity contribution in [1.82, 2.24) is 4.90 Å². The van der Waals surface area contributed by atoms with E-state index >= 15 is 0 Å². The van der Waals surface area contributed by atoms with Gasteiger partial charge < -0.3 is 19.1 Å². The van der Waals surface area contributed by atoms with E-state index in [1.54, 1.807) is 0 Å². The number of nitrogens with zero attached hydrogens (tertiary/aromatic N) is 1. The summed E-state index contributed by atoms with van der Waals surface area (Å²) in [6, 6.07) is 0.476. The SMILES string of the molecule is CCCCC/C=C\C/C=C\CCCCCCCC(=O)OCC(COC(=O)CC12CC3CC(CC(C3)C1)C2)COC(=O)C1CCN(C(C)C)CC1. The van der Waals surface area contributed by atoms with Crippen molar-refractivity contribution in [3.63, 3.8) is 0 Å². The van der Waals surface area contributed by atoms with Crippen molar-refractivity contribution in [1.29, 1.82) is 0 Å². The fourth-order valence-corrected chi connectivity index (χ4v) is 9.55. The Balaban J connectivity index is 1.12. The van der Waals surface area contributed by atoms with Gasteiger partial charge in [0, 0.05) is 12.5 Å². The fourth-order valence-electron chi connectivity index (χ4n) is 9.55. The van der Waals surface area contributed by atoms with E-state index in [0.717, 1.165) is 95.1 Å². The van der Waals surface area contributed by atoms with Crippen molar-refractivity contribution in [3.05, 3.63) is 24.3 Å². The number of rotatable bonds is 24. The summed E-state index contributed by atoms with van der Waals surface area (Å²) in [6.45, 7) is 8.72. The van der Waals surface area contributed by atoms with Gasteiger partial charge in [0.25, 0.3) is 0 Å². The van der Waals surface area contributed by atoms with Crippen molar-refractivity contribution < 1.29 is 28.6 Å². The molecule has 1 saturated heterocycles. The molecule has 1 atom stereocenters. The number of carbonyl (C=O) groups excluding carboxylic acids is 3.